The van der Waals surface area contributed by atoms with Gasteiger partial charge in [-0.05, 0) is 24.1 Å². The van der Waals surface area contributed by atoms with E-state index >= 15 is 0 Å². The minimum absolute atomic E-state index is 0.00519. The van der Waals surface area contributed by atoms with Crippen LogP contribution in [0.3, 0.4) is 0 Å². The van der Waals surface area contributed by atoms with E-state index in [1.54, 1.807) is 15.9 Å². The molecule has 0 aliphatic carbocycles. The van der Waals surface area contributed by atoms with E-state index in [-0.39, 0.29) is 18.5 Å². The third-order valence-corrected chi connectivity index (χ3v) is 4.18. The molecule has 0 saturated carbocycles. The van der Waals surface area contributed by atoms with Gasteiger partial charge in [0.2, 0.25) is 5.91 Å². The van der Waals surface area contributed by atoms with Crippen molar-refractivity contribution in [1.82, 2.24) is 10.2 Å². The average molecular weight is 324 g/mol. The highest BCUT2D eigenvalue weighted by molar-refractivity contribution is 6.31. The lowest BCUT2D eigenvalue weighted by Crippen LogP contribution is -2.48. The van der Waals surface area contributed by atoms with Crippen LogP contribution in [0, 0.1) is 0 Å². The van der Waals surface area contributed by atoms with E-state index < -0.39 is 0 Å². The van der Waals surface area contributed by atoms with Crippen molar-refractivity contribution in [2.24, 2.45) is 0 Å². The summed E-state index contributed by atoms with van der Waals surface area (Å²) >= 11 is 5.99. The summed E-state index contributed by atoms with van der Waals surface area (Å²) in [6, 6.07) is 5.28. The number of rotatable bonds is 2. The molecule has 1 aromatic rings. The Morgan fingerprint density at radius 3 is 2.77 bits per heavy atom. The predicted octanol–water partition coefficient (Wildman–Crippen LogP) is 1.27. The smallest absolute Gasteiger partial charge is 0.322 e. The number of amides is 3. The van der Waals surface area contributed by atoms with Crippen molar-refractivity contribution in [2.75, 3.05) is 44.3 Å². The van der Waals surface area contributed by atoms with Crippen LogP contribution < -0.4 is 10.2 Å². The first-order chi connectivity index (χ1) is 10.6. The zero-order valence-corrected chi connectivity index (χ0v) is 12.9. The standard InChI is InChI=1S/C15H18ClN3O3/c16-12-2-1-11-3-4-19(13(11)9-12)15(21)17-10-14(20)18-5-7-22-8-6-18/h1-2,9H,3-8,10H2,(H,17,21). The number of carbonyl (C=O) groups excluding carboxylic acids is 2. The molecule has 0 unspecified atom stereocenters. The lowest BCUT2D eigenvalue weighted by molar-refractivity contribution is -0.134. The highest BCUT2D eigenvalue weighted by Gasteiger charge is 2.25. The monoisotopic (exact) mass is 323 g/mol. The Morgan fingerprint density at radius 2 is 2.00 bits per heavy atom. The number of anilines is 1. The Hall–Kier alpha value is -1.79. The number of halogens is 1. The molecule has 0 radical (unpaired) electrons. The maximum absolute atomic E-state index is 12.3. The van der Waals surface area contributed by atoms with E-state index in [9.17, 15) is 9.59 Å². The minimum Gasteiger partial charge on any atom is -0.378 e. The molecule has 1 saturated heterocycles. The summed E-state index contributed by atoms with van der Waals surface area (Å²) < 4.78 is 5.21. The van der Waals surface area contributed by atoms with Gasteiger partial charge < -0.3 is 15.0 Å². The minimum atomic E-state index is -0.261. The van der Waals surface area contributed by atoms with Crippen molar-refractivity contribution in [1.29, 1.82) is 0 Å². The second-order valence-electron chi connectivity index (χ2n) is 5.33. The van der Waals surface area contributed by atoms with Crippen LogP contribution in [0.2, 0.25) is 5.02 Å². The molecule has 118 valence electrons. The predicted molar refractivity (Wildman–Crippen MR) is 83.3 cm³/mol. The van der Waals surface area contributed by atoms with Gasteiger partial charge in [-0.2, -0.15) is 0 Å². The molecule has 2 aliphatic heterocycles. The number of hydrogen-bond donors (Lipinski definition) is 1. The normalized spacial score (nSPS) is 17.3. The molecule has 0 aromatic heterocycles. The van der Waals surface area contributed by atoms with Crippen LogP contribution >= 0.6 is 11.6 Å². The first-order valence-corrected chi connectivity index (χ1v) is 7.72. The molecular formula is C15H18ClN3O3. The molecule has 0 spiro atoms. The summed E-state index contributed by atoms with van der Waals surface area (Å²) in [5, 5.41) is 3.29. The van der Waals surface area contributed by atoms with E-state index in [1.807, 2.05) is 12.1 Å². The first kappa shape index (κ1) is 15.1. The van der Waals surface area contributed by atoms with Gasteiger partial charge in [0.05, 0.1) is 25.4 Å². The van der Waals surface area contributed by atoms with Crippen molar-refractivity contribution in [3.05, 3.63) is 28.8 Å². The molecule has 2 heterocycles. The van der Waals surface area contributed by atoms with Crippen molar-refractivity contribution in [3.63, 3.8) is 0 Å². The van der Waals surface area contributed by atoms with Gasteiger partial charge in [-0.1, -0.05) is 17.7 Å². The number of fused-ring (bicyclic) bond motifs is 1. The molecule has 0 bridgehead atoms. The molecule has 1 N–H and O–H groups in total. The topological polar surface area (TPSA) is 61.9 Å². The molecule has 7 heteroatoms. The fourth-order valence-electron chi connectivity index (χ4n) is 2.73. The summed E-state index contributed by atoms with van der Waals surface area (Å²) in [7, 11) is 0. The highest BCUT2D eigenvalue weighted by atomic mass is 35.5. The number of benzene rings is 1. The van der Waals surface area contributed by atoms with Crippen LogP contribution in [0.15, 0.2) is 18.2 Å². The zero-order valence-electron chi connectivity index (χ0n) is 12.2. The molecule has 1 aromatic carbocycles. The number of hydrogen-bond acceptors (Lipinski definition) is 3. The van der Waals surface area contributed by atoms with Gasteiger partial charge in [-0.15, -0.1) is 0 Å². The number of morpholine rings is 1. The molecule has 2 aliphatic rings. The summed E-state index contributed by atoms with van der Waals surface area (Å²) in [5.41, 5.74) is 1.92. The van der Waals surface area contributed by atoms with E-state index in [0.717, 1.165) is 17.7 Å². The van der Waals surface area contributed by atoms with Gasteiger partial charge in [-0.25, -0.2) is 4.79 Å². The fraction of sp³-hybridized carbons (Fsp3) is 0.467. The number of ether oxygens (including phenoxy) is 1. The van der Waals surface area contributed by atoms with Crippen LogP contribution in [-0.4, -0.2) is 56.2 Å². The van der Waals surface area contributed by atoms with Crippen LogP contribution in [0.5, 0.6) is 0 Å². The van der Waals surface area contributed by atoms with E-state index in [1.165, 1.54) is 0 Å². The Morgan fingerprint density at radius 1 is 1.23 bits per heavy atom. The van der Waals surface area contributed by atoms with Gasteiger partial charge in [-0.3, -0.25) is 9.69 Å². The largest absolute Gasteiger partial charge is 0.378 e. The molecule has 3 rings (SSSR count). The quantitative estimate of drug-likeness (QED) is 0.891. The maximum Gasteiger partial charge on any atom is 0.322 e. The van der Waals surface area contributed by atoms with Crippen molar-refractivity contribution in [2.45, 2.75) is 6.42 Å². The molecule has 6 nitrogen and oxygen atoms in total. The average Bonchev–Trinajstić information content (AvgIpc) is 2.96. The van der Waals surface area contributed by atoms with Crippen molar-refractivity contribution < 1.29 is 14.3 Å². The summed E-state index contributed by atoms with van der Waals surface area (Å²) in [6.07, 6.45) is 0.803. The van der Waals surface area contributed by atoms with E-state index in [2.05, 4.69) is 5.32 Å². The molecular weight excluding hydrogens is 306 g/mol. The van der Waals surface area contributed by atoms with Crippen LogP contribution in [0.1, 0.15) is 5.56 Å². The zero-order chi connectivity index (χ0) is 15.5. The number of carbonyl (C=O) groups is 2. The Labute approximate surface area is 134 Å². The molecule has 3 amide bonds. The Bertz CT molecular complexity index is 587. The van der Waals surface area contributed by atoms with E-state index in [4.69, 9.17) is 16.3 Å². The van der Waals surface area contributed by atoms with Crippen molar-refractivity contribution >= 4 is 29.2 Å². The summed E-state index contributed by atoms with van der Waals surface area (Å²) in [5.74, 6) is -0.0813. The number of nitrogens with zero attached hydrogens (tertiary/aromatic N) is 2. The van der Waals surface area contributed by atoms with Crippen molar-refractivity contribution in [3.8, 4) is 0 Å². The Kier molecular flexibility index (Phi) is 4.49. The third kappa shape index (κ3) is 3.18. The number of nitrogens with one attached hydrogen (secondary N) is 1. The first-order valence-electron chi connectivity index (χ1n) is 7.34. The van der Waals surface area contributed by atoms with Gasteiger partial charge in [0, 0.05) is 24.7 Å². The second-order valence-corrected chi connectivity index (χ2v) is 5.76. The van der Waals surface area contributed by atoms with Crippen LogP contribution in [-0.2, 0) is 16.0 Å². The lowest BCUT2D eigenvalue weighted by Gasteiger charge is -2.27. The molecule has 1 fully saturated rings. The van der Waals surface area contributed by atoms with Gasteiger partial charge in [0.15, 0.2) is 0 Å². The van der Waals surface area contributed by atoms with Gasteiger partial charge in [0.1, 0.15) is 0 Å². The SMILES string of the molecule is O=C(CNC(=O)N1CCc2ccc(Cl)cc21)N1CCOCC1. The van der Waals surface area contributed by atoms with Crippen LogP contribution in [0.25, 0.3) is 0 Å². The Balaban J connectivity index is 1.57. The molecule has 22 heavy (non-hydrogen) atoms. The van der Waals surface area contributed by atoms with Gasteiger partial charge >= 0.3 is 6.03 Å². The summed E-state index contributed by atoms with van der Waals surface area (Å²) in [6.45, 7) is 2.88. The van der Waals surface area contributed by atoms with E-state index in [0.29, 0.717) is 37.9 Å². The number of urea groups is 1. The third-order valence-electron chi connectivity index (χ3n) is 3.94. The van der Waals surface area contributed by atoms with Crippen LogP contribution in [0.4, 0.5) is 10.5 Å². The summed E-state index contributed by atoms with van der Waals surface area (Å²) in [4.78, 5) is 27.7. The fourth-order valence-corrected chi connectivity index (χ4v) is 2.90. The lowest BCUT2D eigenvalue weighted by atomic mass is 10.2. The highest BCUT2D eigenvalue weighted by Crippen LogP contribution is 2.30. The maximum atomic E-state index is 12.3. The van der Waals surface area contributed by atoms with Gasteiger partial charge in [0.25, 0.3) is 0 Å². The molecule has 0 atom stereocenters. The second kappa shape index (κ2) is 6.54.